The van der Waals surface area contributed by atoms with Crippen molar-refractivity contribution in [3.05, 3.63) is 31.8 Å². The summed E-state index contributed by atoms with van der Waals surface area (Å²) in [5.41, 5.74) is 1.33. The second kappa shape index (κ2) is 6.50. The highest BCUT2D eigenvalue weighted by molar-refractivity contribution is 14.1. The Morgan fingerprint density at radius 1 is 1.47 bits per heavy atom. The Bertz CT molecular complexity index is 380. The van der Waals surface area contributed by atoms with E-state index < -0.39 is 0 Å². The lowest BCUT2D eigenvalue weighted by Gasteiger charge is -2.15. The van der Waals surface area contributed by atoms with E-state index in [0.29, 0.717) is 6.04 Å². The van der Waals surface area contributed by atoms with Crippen LogP contribution < -0.4 is 10.6 Å². The number of nitrogens with one attached hydrogen (secondary N) is 2. The Kier molecular flexibility index (Phi) is 5.26. The van der Waals surface area contributed by atoms with Crippen molar-refractivity contribution in [2.75, 3.05) is 6.54 Å². The van der Waals surface area contributed by atoms with Crippen molar-refractivity contribution in [3.63, 3.8) is 0 Å². The maximum atomic E-state index is 3.59. The Morgan fingerprint density at radius 3 is 2.94 bits per heavy atom. The molecule has 0 aromatic heterocycles. The molecule has 0 radical (unpaired) electrons. The molecule has 1 fully saturated rings. The zero-order valence-corrected chi connectivity index (χ0v) is 13.7. The molecule has 17 heavy (non-hydrogen) atoms. The quantitative estimate of drug-likeness (QED) is 0.706. The van der Waals surface area contributed by atoms with Crippen molar-refractivity contribution < 1.29 is 0 Å². The first-order valence-electron chi connectivity index (χ1n) is 6.06. The maximum absolute atomic E-state index is 3.59. The average molecular weight is 409 g/mol. The predicted octanol–water partition coefficient (Wildman–Crippen LogP) is 3.28. The summed E-state index contributed by atoms with van der Waals surface area (Å²) in [6.45, 7) is 4.22. The third kappa shape index (κ3) is 4.85. The van der Waals surface area contributed by atoms with E-state index >= 15 is 0 Å². The van der Waals surface area contributed by atoms with Crippen LogP contribution in [0.5, 0.6) is 0 Å². The molecule has 1 atom stereocenters. The summed E-state index contributed by atoms with van der Waals surface area (Å²) in [7, 11) is 0. The van der Waals surface area contributed by atoms with Crippen LogP contribution in [0.25, 0.3) is 0 Å². The van der Waals surface area contributed by atoms with E-state index in [0.717, 1.165) is 19.1 Å². The summed E-state index contributed by atoms with van der Waals surface area (Å²) in [4.78, 5) is 0. The molecular weight excluding hydrogens is 391 g/mol. The molecule has 0 heterocycles. The fourth-order valence-corrected chi connectivity index (χ4v) is 2.61. The number of benzene rings is 1. The van der Waals surface area contributed by atoms with Gasteiger partial charge in [-0.2, -0.15) is 0 Å². The number of hydrogen-bond donors (Lipinski definition) is 2. The fraction of sp³-hybridized carbons (Fsp3) is 0.538. The van der Waals surface area contributed by atoms with Gasteiger partial charge in [0.2, 0.25) is 0 Å². The number of hydrogen-bond acceptors (Lipinski definition) is 2. The van der Waals surface area contributed by atoms with Gasteiger partial charge in [0.1, 0.15) is 0 Å². The normalized spacial score (nSPS) is 17.1. The molecule has 0 saturated heterocycles. The minimum Gasteiger partial charge on any atom is -0.312 e. The molecule has 0 spiro atoms. The van der Waals surface area contributed by atoms with Crippen molar-refractivity contribution in [1.82, 2.24) is 10.6 Å². The minimum atomic E-state index is 0.514. The molecule has 1 unspecified atom stereocenters. The van der Waals surface area contributed by atoms with E-state index in [9.17, 15) is 0 Å². The third-order valence-electron chi connectivity index (χ3n) is 2.94. The molecule has 94 valence electrons. The van der Waals surface area contributed by atoms with Gasteiger partial charge in [0.15, 0.2) is 0 Å². The van der Waals surface area contributed by atoms with Crippen LogP contribution in [0.2, 0.25) is 0 Å². The van der Waals surface area contributed by atoms with Crippen LogP contribution >= 0.6 is 38.5 Å². The van der Waals surface area contributed by atoms with Gasteiger partial charge in [-0.1, -0.05) is 15.9 Å². The summed E-state index contributed by atoms with van der Waals surface area (Å²) in [5, 5.41) is 7.10. The van der Waals surface area contributed by atoms with Gasteiger partial charge in [-0.05, 0) is 66.1 Å². The molecule has 0 amide bonds. The molecule has 1 aromatic rings. The van der Waals surface area contributed by atoms with Gasteiger partial charge >= 0.3 is 0 Å². The van der Waals surface area contributed by atoms with Crippen LogP contribution in [-0.2, 0) is 6.54 Å². The van der Waals surface area contributed by atoms with Gasteiger partial charge in [0, 0.05) is 33.2 Å². The summed E-state index contributed by atoms with van der Waals surface area (Å²) < 4.78 is 2.47. The van der Waals surface area contributed by atoms with Crippen LogP contribution in [0, 0.1) is 3.57 Å². The Balaban J connectivity index is 1.77. The van der Waals surface area contributed by atoms with Gasteiger partial charge in [0.05, 0.1) is 0 Å². The first-order chi connectivity index (χ1) is 8.15. The Hall–Kier alpha value is 0.350. The van der Waals surface area contributed by atoms with E-state index in [1.54, 1.807) is 0 Å². The van der Waals surface area contributed by atoms with E-state index in [2.05, 4.69) is 74.3 Å². The summed E-state index contributed by atoms with van der Waals surface area (Å²) in [6.07, 6.45) is 2.71. The largest absolute Gasteiger partial charge is 0.312 e. The van der Waals surface area contributed by atoms with Gasteiger partial charge in [0.25, 0.3) is 0 Å². The number of rotatable bonds is 6. The van der Waals surface area contributed by atoms with Crippen molar-refractivity contribution >= 4 is 38.5 Å². The maximum Gasteiger partial charge on any atom is 0.0220 e. The zero-order valence-electron chi connectivity index (χ0n) is 9.97. The van der Waals surface area contributed by atoms with Crippen LogP contribution in [0.15, 0.2) is 22.7 Å². The molecule has 1 aliphatic carbocycles. The fourth-order valence-electron chi connectivity index (χ4n) is 1.67. The average Bonchev–Trinajstić information content (AvgIpc) is 3.11. The van der Waals surface area contributed by atoms with Crippen LogP contribution in [0.3, 0.4) is 0 Å². The first kappa shape index (κ1) is 13.8. The third-order valence-corrected chi connectivity index (χ3v) is 4.38. The predicted molar refractivity (Wildman–Crippen MR) is 84.2 cm³/mol. The van der Waals surface area contributed by atoms with Gasteiger partial charge in [-0.15, -0.1) is 0 Å². The highest BCUT2D eigenvalue weighted by Gasteiger charge is 2.20. The van der Waals surface area contributed by atoms with Crippen molar-refractivity contribution in [2.45, 2.75) is 38.4 Å². The monoisotopic (exact) mass is 408 g/mol. The Morgan fingerprint density at radius 2 is 2.24 bits per heavy atom. The van der Waals surface area contributed by atoms with Crippen molar-refractivity contribution in [3.8, 4) is 0 Å². The zero-order chi connectivity index (χ0) is 12.3. The molecule has 1 aromatic carbocycles. The molecule has 0 bridgehead atoms. The molecule has 0 aliphatic heterocycles. The highest BCUT2D eigenvalue weighted by atomic mass is 127. The van der Waals surface area contributed by atoms with Gasteiger partial charge < -0.3 is 10.6 Å². The molecule has 2 nitrogen and oxygen atoms in total. The van der Waals surface area contributed by atoms with Crippen LogP contribution in [0.4, 0.5) is 0 Å². The molecule has 2 N–H and O–H groups in total. The smallest absolute Gasteiger partial charge is 0.0220 e. The lowest BCUT2D eigenvalue weighted by atomic mass is 10.2. The van der Waals surface area contributed by atoms with E-state index in [1.807, 2.05) is 0 Å². The summed E-state index contributed by atoms with van der Waals surface area (Å²) >= 11 is 5.95. The van der Waals surface area contributed by atoms with E-state index in [-0.39, 0.29) is 0 Å². The topological polar surface area (TPSA) is 24.1 Å². The lowest BCUT2D eigenvalue weighted by Crippen LogP contribution is -2.36. The molecule has 4 heteroatoms. The second-order valence-corrected chi connectivity index (χ2v) is 6.80. The highest BCUT2D eigenvalue weighted by Crippen LogP contribution is 2.20. The lowest BCUT2D eigenvalue weighted by molar-refractivity contribution is 0.499. The SMILES string of the molecule is CC(CNC1CC1)NCc1cc(I)ccc1Br. The van der Waals surface area contributed by atoms with Crippen molar-refractivity contribution in [1.29, 1.82) is 0 Å². The second-order valence-electron chi connectivity index (χ2n) is 4.70. The van der Waals surface area contributed by atoms with Gasteiger partial charge in [-0.3, -0.25) is 0 Å². The van der Waals surface area contributed by atoms with E-state index in [1.165, 1.54) is 26.4 Å². The number of halogens is 2. The first-order valence-corrected chi connectivity index (χ1v) is 7.93. The molecular formula is C13H18BrIN2. The molecule has 1 aliphatic rings. The minimum absolute atomic E-state index is 0.514. The van der Waals surface area contributed by atoms with Crippen LogP contribution in [0.1, 0.15) is 25.3 Å². The van der Waals surface area contributed by atoms with Crippen LogP contribution in [-0.4, -0.2) is 18.6 Å². The molecule has 1 saturated carbocycles. The summed E-state index contributed by atoms with van der Waals surface area (Å²) in [6, 6.07) is 7.76. The van der Waals surface area contributed by atoms with Gasteiger partial charge in [-0.25, -0.2) is 0 Å². The standard InChI is InChI=1S/C13H18BrIN2/c1-9(7-17-12-3-4-12)16-8-10-6-11(15)2-5-13(10)14/h2,5-6,9,12,16-17H,3-4,7-8H2,1H3. The summed E-state index contributed by atoms with van der Waals surface area (Å²) in [5.74, 6) is 0. The molecule has 2 rings (SSSR count). The van der Waals surface area contributed by atoms with E-state index in [4.69, 9.17) is 0 Å². The van der Waals surface area contributed by atoms with Crippen molar-refractivity contribution in [2.24, 2.45) is 0 Å². The Labute approximate surface area is 125 Å².